The van der Waals surface area contributed by atoms with E-state index in [2.05, 4.69) is 94.7 Å². The Morgan fingerprint density at radius 1 is 0.895 bits per heavy atom. The van der Waals surface area contributed by atoms with Crippen molar-refractivity contribution in [3.05, 3.63) is 122 Å². The third kappa shape index (κ3) is 5.58. The molecule has 5 rings (SSSR count). The molecule has 7 nitrogen and oxygen atoms in total. The number of nitrogens with one attached hydrogen (secondary N) is 1. The summed E-state index contributed by atoms with van der Waals surface area (Å²) in [5.74, 6) is 0.798. The molecule has 0 radical (unpaired) electrons. The Morgan fingerprint density at radius 3 is 2.39 bits per heavy atom. The van der Waals surface area contributed by atoms with Gasteiger partial charge in [0, 0.05) is 18.7 Å². The van der Waals surface area contributed by atoms with Crippen LogP contribution in [-0.4, -0.2) is 30.1 Å². The zero-order valence-corrected chi connectivity index (χ0v) is 22.5. The molecule has 0 aliphatic rings. The number of H-pyrrole nitrogens is 1. The first-order chi connectivity index (χ1) is 18.4. The van der Waals surface area contributed by atoms with Crippen molar-refractivity contribution < 1.29 is 0 Å². The predicted molar refractivity (Wildman–Crippen MR) is 151 cm³/mol. The van der Waals surface area contributed by atoms with E-state index in [0.29, 0.717) is 19.6 Å². The number of aromatic nitrogens is 5. The normalized spacial score (nSPS) is 12.3. The fourth-order valence-electron chi connectivity index (χ4n) is 5.20. The first kappa shape index (κ1) is 25.5. The fourth-order valence-corrected chi connectivity index (χ4v) is 5.20. The molecule has 0 fully saturated rings. The minimum atomic E-state index is -0.0793. The summed E-state index contributed by atoms with van der Waals surface area (Å²) in [4.78, 5) is 18.7. The number of rotatable bonds is 9. The summed E-state index contributed by atoms with van der Waals surface area (Å²) >= 11 is 0. The van der Waals surface area contributed by atoms with Crippen molar-refractivity contribution in [2.75, 3.05) is 0 Å². The van der Waals surface area contributed by atoms with E-state index in [-0.39, 0.29) is 11.6 Å². The van der Waals surface area contributed by atoms with Gasteiger partial charge in [-0.25, -0.2) is 4.68 Å². The van der Waals surface area contributed by atoms with Crippen LogP contribution in [0.15, 0.2) is 77.6 Å². The molecule has 0 aliphatic carbocycles. The number of benzene rings is 3. The fraction of sp³-hybridized carbons (Fsp3) is 0.290. The van der Waals surface area contributed by atoms with Gasteiger partial charge in [0.05, 0.1) is 18.1 Å². The van der Waals surface area contributed by atoms with E-state index in [9.17, 15) is 4.79 Å². The summed E-state index contributed by atoms with van der Waals surface area (Å²) in [5, 5.41) is 13.9. The van der Waals surface area contributed by atoms with Crippen LogP contribution >= 0.6 is 0 Å². The third-order valence-corrected chi connectivity index (χ3v) is 7.11. The van der Waals surface area contributed by atoms with E-state index in [1.54, 1.807) is 0 Å². The van der Waals surface area contributed by atoms with Crippen molar-refractivity contribution in [2.45, 2.75) is 59.8 Å². The van der Waals surface area contributed by atoms with Gasteiger partial charge in [-0.15, -0.1) is 5.10 Å². The highest BCUT2D eigenvalue weighted by Gasteiger charge is 2.26. The van der Waals surface area contributed by atoms with Gasteiger partial charge in [-0.1, -0.05) is 78.7 Å². The lowest BCUT2D eigenvalue weighted by Gasteiger charge is -2.30. The molecule has 7 heteroatoms. The van der Waals surface area contributed by atoms with Crippen LogP contribution in [0, 0.1) is 20.8 Å². The first-order valence-corrected chi connectivity index (χ1v) is 13.1. The van der Waals surface area contributed by atoms with Crippen LogP contribution in [0.4, 0.5) is 0 Å². The van der Waals surface area contributed by atoms with Gasteiger partial charge in [0.1, 0.15) is 0 Å². The number of hydrogen-bond acceptors (Lipinski definition) is 5. The summed E-state index contributed by atoms with van der Waals surface area (Å²) in [7, 11) is 0. The Balaban J connectivity index is 1.54. The maximum absolute atomic E-state index is 13.3. The van der Waals surface area contributed by atoms with Crippen LogP contribution in [0.2, 0.25) is 0 Å². The Morgan fingerprint density at radius 2 is 1.66 bits per heavy atom. The molecule has 0 amide bonds. The molecule has 2 heterocycles. The van der Waals surface area contributed by atoms with Crippen molar-refractivity contribution in [3.8, 4) is 0 Å². The molecule has 0 spiro atoms. The van der Waals surface area contributed by atoms with Gasteiger partial charge in [-0.2, -0.15) is 0 Å². The van der Waals surface area contributed by atoms with Crippen molar-refractivity contribution in [1.82, 2.24) is 30.1 Å². The van der Waals surface area contributed by atoms with Gasteiger partial charge in [0.2, 0.25) is 0 Å². The molecule has 1 N–H and O–H groups in total. The van der Waals surface area contributed by atoms with Gasteiger partial charge in [-0.3, -0.25) is 9.69 Å². The topological polar surface area (TPSA) is 79.7 Å². The number of aromatic amines is 1. The van der Waals surface area contributed by atoms with E-state index >= 15 is 0 Å². The highest BCUT2D eigenvalue weighted by atomic mass is 16.1. The van der Waals surface area contributed by atoms with Gasteiger partial charge in [-0.05, 0) is 71.8 Å². The molecular weight excluding hydrogens is 472 g/mol. The summed E-state index contributed by atoms with van der Waals surface area (Å²) in [6, 6.07) is 25.0. The van der Waals surface area contributed by atoms with Crippen LogP contribution in [-0.2, 0) is 19.6 Å². The quantitative estimate of drug-likeness (QED) is 0.280. The van der Waals surface area contributed by atoms with Crippen LogP contribution in [0.5, 0.6) is 0 Å². The number of fused-ring (bicyclic) bond motifs is 1. The third-order valence-electron chi connectivity index (χ3n) is 7.11. The largest absolute Gasteiger partial charge is 0.321 e. The molecule has 0 bridgehead atoms. The molecule has 1 atom stereocenters. The van der Waals surface area contributed by atoms with Crippen LogP contribution in [0.1, 0.15) is 58.6 Å². The molecule has 0 saturated carbocycles. The monoisotopic (exact) mass is 506 g/mol. The van der Waals surface area contributed by atoms with Crippen LogP contribution in [0.3, 0.4) is 0 Å². The average molecular weight is 507 g/mol. The maximum Gasteiger partial charge on any atom is 0.252 e. The molecule has 38 heavy (non-hydrogen) atoms. The Hall–Kier alpha value is -4.10. The van der Waals surface area contributed by atoms with E-state index in [1.807, 2.05) is 35.9 Å². The molecule has 0 aliphatic heterocycles. The molecule has 5 aromatic rings. The number of aryl methyl sites for hydroxylation is 3. The molecule has 2 aromatic heterocycles. The summed E-state index contributed by atoms with van der Waals surface area (Å²) in [5.41, 5.74) is 7.36. The second kappa shape index (κ2) is 11.1. The van der Waals surface area contributed by atoms with E-state index in [4.69, 9.17) is 0 Å². The zero-order chi connectivity index (χ0) is 26.6. The summed E-state index contributed by atoms with van der Waals surface area (Å²) in [6.07, 6.45) is 0.796. The maximum atomic E-state index is 13.3. The highest BCUT2D eigenvalue weighted by Crippen LogP contribution is 2.27. The van der Waals surface area contributed by atoms with Gasteiger partial charge >= 0.3 is 0 Å². The van der Waals surface area contributed by atoms with Gasteiger partial charge in [0.15, 0.2) is 5.82 Å². The van der Waals surface area contributed by atoms with Gasteiger partial charge in [0.25, 0.3) is 5.56 Å². The average Bonchev–Trinajstić information content (AvgIpc) is 3.35. The SMILES string of the molecule is CC[C@H](c1nnnn1Cc1ccccc1)N(Cc1ccc(C)cc1)Cc1cc2cc(C)cc(C)c2[nH]c1=O. The lowest BCUT2D eigenvalue weighted by Crippen LogP contribution is -2.32. The Bertz CT molecular complexity index is 1590. The van der Waals surface area contributed by atoms with E-state index < -0.39 is 0 Å². The molecular formula is C31H34N6O. The molecule has 3 aromatic carbocycles. The predicted octanol–water partition coefficient (Wildman–Crippen LogP) is 5.64. The lowest BCUT2D eigenvalue weighted by molar-refractivity contribution is 0.161. The molecule has 0 unspecified atom stereocenters. The summed E-state index contributed by atoms with van der Waals surface area (Å²) < 4.78 is 1.88. The number of nitrogens with zero attached hydrogens (tertiary/aromatic N) is 5. The Kier molecular flexibility index (Phi) is 7.47. The lowest BCUT2D eigenvalue weighted by atomic mass is 10.0. The number of pyridine rings is 1. The van der Waals surface area contributed by atoms with Crippen LogP contribution in [0.25, 0.3) is 10.9 Å². The van der Waals surface area contributed by atoms with Crippen LogP contribution < -0.4 is 5.56 Å². The van der Waals surface area contributed by atoms with Crippen molar-refractivity contribution in [3.63, 3.8) is 0 Å². The van der Waals surface area contributed by atoms with Crippen molar-refractivity contribution in [2.24, 2.45) is 0 Å². The second-order valence-electron chi connectivity index (χ2n) is 10.2. The number of tetrazole rings is 1. The Labute approximate surface area is 223 Å². The first-order valence-electron chi connectivity index (χ1n) is 13.1. The van der Waals surface area contributed by atoms with E-state index in [0.717, 1.165) is 39.8 Å². The number of hydrogen-bond donors (Lipinski definition) is 1. The molecule has 194 valence electrons. The van der Waals surface area contributed by atoms with Gasteiger partial charge < -0.3 is 4.98 Å². The molecule has 0 saturated heterocycles. The minimum Gasteiger partial charge on any atom is -0.321 e. The summed E-state index contributed by atoms with van der Waals surface area (Å²) in [6.45, 7) is 10.1. The van der Waals surface area contributed by atoms with Crippen molar-refractivity contribution in [1.29, 1.82) is 0 Å². The second-order valence-corrected chi connectivity index (χ2v) is 10.2. The van der Waals surface area contributed by atoms with Crippen molar-refractivity contribution >= 4 is 10.9 Å². The standard InChI is InChI=1S/C31H34N6O/c1-5-28(30-33-34-35-37(30)19-24-9-7-6-8-10-24)36(18-25-13-11-21(2)12-14-25)20-27-17-26-16-22(3)15-23(4)29(26)32-31(27)38/h6-17,28H,5,18-20H2,1-4H3,(H,32,38)/t28-/m1/s1. The highest BCUT2D eigenvalue weighted by molar-refractivity contribution is 5.82. The minimum absolute atomic E-state index is 0.0583. The zero-order valence-electron chi connectivity index (χ0n) is 22.5. The van der Waals surface area contributed by atoms with E-state index in [1.165, 1.54) is 16.7 Å². The smallest absolute Gasteiger partial charge is 0.252 e.